The Bertz CT molecular complexity index is 720. The molecule has 0 fully saturated rings. The number of amides is 1. The molecule has 6 heteroatoms. The van der Waals surface area contributed by atoms with Gasteiger partial charge < -0.3 is 5.32 Å². The van der Waals surface area contributed by atoms with Crippen LogP contribution < -0.4 is 5.32 Å². The highest BCUT2D eigenvalue weighted by molar-refractivity contribution is 6.31. The quantitative estimate of drug-likeness (QED) is 0.913. The van der Waals surface area contributed by atoms with Crippen LogP contribution in [0.25, 0.3) is 0 Å². The summed E-state index contributed by atoms with van der Waals surface area (Å²) in [6.45, 7) is 0.316. The van der Waals surface area contributed by atoms with Crippen LogP contribution in [0.4, 0.5) is 10.1 Å². The third-order valence-electron chi connectivity index (χ3n) is 3.20. The predicted molar refractivity (Wildman–Crippen MR) is 87.5 cm³/mol. The van der Waals surface area contributed by atoms with Crippen molar-refractivity contribution in [3.8, 4) is 6.07 Å². The van der Waals surface area contributed by atoms with Gasteiger partial charge in [-0.25, -0.2) is 4.39 Å². The molecule has 23 heavy (non-hydrogen) atoms. The lowest BCUT2D eigenvalue weighted by atomic mass is 10.2. The molecule has 4 nitrogen and oxygen atoms in total. The molecule has 2 aromatic rings. The van der Waals surface area contributed by atoms with Crippen LogP contribution in [0.5, 0.6) is 0 Å². The molecule has 2 aromatic carbocycles. The van der Waals surface area contributed by atoms with Gasteiger partial charge in [0.05, 0.1) is 18.2 Å². The number of hydrogen-bond acceptors (Lipinski definition) is 3. The van der Waals surface area contributed by atoms with E-state index in [0.29, 0.717) is 21.8 Å². The first-order valence-electron chi connectivity index (χ1n) is 6.91. The molecule has 0 radical (unpaired) electrons. The van der Waals surface area contributed by atoms with E-state index in [1.54, 1.807) is 48.3 Å². The fourth-order valence-electron chi connectivity index (χ4n) is 2.08. The first kappa shape index (κ1) is 16.9. The van der Waals surface area contributed by atoms with Gasteiger partial charge in [-0.2, -0.15) is 5.26 Å². The van der Waals surface area contributed by atoms with Crippen LogP contribution in [0.3, 0.4) is 0 Å². The van der Waals surface area contributed by atoms with Gasteiger partial charge in [0.1, 0.15) is 5.82 Å². The fourth-order valence-corrected chi connectivity index (χ4v) is 2.31. The second-order valence-electron chi connectivity index (χ2n) is 5.11. The highest BCUT2D eigenvalue weighted by atomic mass is 35.5. The summed E-state index contributed by atoms with van der Waals surface area (Å²) in [5.74, 6) is -0.624. The number of nitriles is 1. The minimum absolute atomic E-state index is 0.0880. The van der Waals surface area contributed by atoms with E-state index in [2.05, 4.69) is 5.32 Å². The zero-order chi connectivity index (χ0) is 16.8. The molecule has 0 aromatic heterocycles. The van der Waals surface area contributed by atoms with Crippen molar-refractivity contribution >= 4 is 23.2 Å². The van der Waals surface area contributed by atoms with Gasteiger partial charge in [-0.3, -0.25) is 9.69 Å². The Morgan fingerprint density at radius 1 is 1.30 bits per heavy atom. The summed E-state index contributed by atoms with van der Waals surface area (Å²) < 4.78 is 13.7. The summed E-state index contributed by atoms with van der Waals surface area (Å²) in [4.78, 5) is 13.7. The van der Waals surface area contributed by atoms with Gasteiger partial charge in [-0.05, 0) is 43.4 Å². The second-order valence-corrected chi connectivity index (χ2v) is 5.52. The SMILES string of the molecule is CN(CC(=O)Nc1ccc(C#N)cc1)Cc1c(F)cccc1Cl. The lowest BCUT2D eigenvalue weighted by Gasteiger charge is -2.17. The number of carbonyl (C=O) groups is 1. The first-order chi connectivity index (χ1) is 11.0. The number of nitrogens with zero attached hydrogens (tertiary/aromatic N) is 2. The van der Waals surface area contributed by atoms with E-state index >= 15 is 0 Å². The Labute approximate surface area is 139 Å². The number of anilines is 1. The molecular weight excluding hydrogens is 317 g/mol. The van der Waals surface area contributed by atoms with Crippen LogP contribution in [0.1, 0.15) is 11.1 Å². The van der Waals surface area contributed by atoms with Crippen LogP contribution in [0.2, 0.25) is 5.02 Å². The zero-order valence-corrected chi connectivity index (χ0v) is 13.3. The average Bonchev–Trinajstić information content (AvgIpc) is 2.51. The molecule has 0 saturated carbocycles. The summed E-state index contributed by atoms with van der Waals surface area (Å²) in [5, 5.41) is 11.8. The highest BCUT2D eigenvalue weighted by Gasteiger charge is 2.12. The van der Waals surface area contributed by atoms with E-state index in [4.69, 9.17) is 16.9 Å². The molecule has 1 N–H and O–H groups in total. The van der Waals surface area contributed by atoms with Crippen LogP contribution in [0.15, 0.2) is 42.5 Å². The second kappa shape index (κ2) is 7.73. The maximum Gasteiger partial charge on any atom is 0.238 e. The van der Waals surface area contributed by atoms with Gasteiger partial charge in [0, 0.05) is 22.8 Å². The minimum atomic E-state index is -0.392. The van der Waals surface area contributed by atoms with E-state index in [9.17, 15) is 9.18 Å². The molecule has 0 unspecified atom stereocenters. The third-order valence-corrected chi connectivity index (χ3v) is 3.56. The maximum atomic E-state index is 13.7. The number of rotatable bonds is 5. The Morgan fingerprint density at radius 2 is 2.00 bits per heavy atom. The molecule has 0 bridgehead atoms. The van der Waals surface area contributed by atoms with E-state index < -0.39 is 5.82 Å². The maximum absolute atomic E-state index is 13.7. The number of benzene rings is 2. The molecule has 118 valence electrons. The monoisotopic (exact) mass is 331 g/mol. The molecule has 1 amide bonds. The van der Waals surface area contributed by atoms with Crippen molar-refractivity contribution in [1.82, 2.24) is 4.90 Å². The minimum Gasteiger partial charge on any atom is -0.325 e. The van der Waals surface area contributed by atoms with E-state index in [0.717, 1.165) is 0 Å². The van der Waals surface area contributed by atoms with Gasteiger partial charge in [0.2, 0.25) is 5.91 Å². The Kier molecular flexibility index (Phi) is 5.69. The van der Waals surface area contributed by atoms with Gasteiger partial charge >= 0.3 is 0 Å². The number of hydrogen-bond donors (Lipinski definition) is 1. The molecule has 2 rings (SSSR count). The smallest absolute Gasteiger partial charge is 0.238 e. The third kappa shape index (κ3) is 4.78. The number of carbonyl (C=O) groups excluding carboxylic acids is 1. The molecule has 0 aliphatic carbocycles. The standard InChI is InChI=1S/C17H15ClFN3O/c1-22(10-14-15(18)3-2-4-16(14)19)11-17(23)21-13-7-5-12(9-20)6-8-13/h2-8H,10-11H2,1H3,(H,21,23). The van der Waals surface area contributed by atoms with Crippen molar-refractivity contribution in [2.45, 2.75) is 6.54 Å². The lowest BCUT2D eigenvalue weighted by Crippen LogP contribution is -2.30. The summed E-state index contributed by atoms with van der Waals surface area (Å²) in [7, 11) is 1.71. The van der Waals surface area contributed by atoms with Crippen molar-refractivity contribution < 1.29 is 9.18 Å². The Balaban J connectivity index is 1.93. The summed E-state index contributed by atoms with van der Waals surface area (Å²) in [6.07, 6.45) is 0. The van der Waals surface area contributed by atoms with Gasteiger partial charge in [-0.15, -0.1) is 0 Å². The molecule has 0 heterocycles. The largest absolute Gasteiger partial charge is 0.325 e. The van der Waals surface area contributed by atoms with Gasteiger partial charge in [0.25, 0.3) is 0 Å². The van der Waals surface area contributed by atoms with Crippen molar-refractivity contribution in [3.63, 3.8) is 0 Å². The van der Waals surface area contributed by atoms with Crippen LogP contribution in [-0.2, 0) is 11.3 Å². The zero-order valence-electron chi connectivity index (χ0n) is 12.5. The molecule has 0 saturated heterocycles. The van der Waals surface area contributed by atoms with E-state index in [1.165, 1.54) is 6.07 Å². The normalized spacial score (nSPS) is 10.4. The number of likely N-dealkylation sites (N-methyl/N-ethyl adjacent to an activating group) is 1. The number of nitrogens with one attached hydrogen (secondary N) is 1. The van der Waals surface area contributed by atoms with Crippen molar-refractivity contribution in [2.24, 2.45) is 0 Å². The molecule has 0 aliphatic heterocycles. The van der Waals surface area contributed by atoms with Crippen LogP contribution >= 0.6 is 11.6 Å². The molecule has 0 atom stereocenters. The molecule has 0 spiro atoms. The topological polar surface area (TPSA) is 56.1 Å². The summed E-state index contributed by atoms with van der Waals surface area (Å²) in [6, 6.07) is 13.1. The van der Waals surface area contributed by atoms with Crippen LogP contribution in [0, 0.1) is 17.1 Å². The van der Waals surface area contributed by atoms with Crippen molar-refractivity contribution in [3.05, 3.63) is 64.4 Å². The van der Waals surface area contributed by atoms with Crippen LogP contribution in [-0.4, -0.2) is 24.4 Å². The van der Waals surface area contributed by atoms with E-state index in [-0.39, 0.29) is 19.0 Å². The van der Waals surface area contributed by atoms with Gasteiger partial charge in [0.15, 0.2) is 0 Å². The fraction of sp³-hybridized carbons (Fsp3) is 0.176. The van der Waals surface area contributed by atoms with E-state index in [1.807, 2.05) is 6.07 Å². The Morgan fingerprint density at radius 3 is 2.61 bits per heavy atom. The summed E-state index contributed by atoms with van der Waals surface area (Å²) in [5.41, 5.74) is 1.49. The van der Waals surface area contributed by atoms with Crippen molar-refractivity contribution in [2.75, 3.05) is 18.9 Å². The predicted octanol–water partition coefficient (Wildman–Crippen LogP) is 3.42. The average molecular weight is 332 g/mol. The lowest BCUT2D eigenvalue weighted by molar-refractivity contribution is -0.117. The van der Waals surface area contributed by atoms with Crippen molar-refractivity contribution in [1.29, 1.82) is 5.26 Å². The van der Waals surface area contributed by atoms with Gasteiger partial charge in [-0.1, -0.05) is 17.7 Å². The highest BCUT2D eigenvalue weighted by Crippen LogP contribution is 2.20. The molecular formula is C17H15ClFN3O. The summed E-state index contributed by atoms with van der Waals surface area (Å²) >= 11 is 5.97. The molecule has 0 aliphatic rings. The number of halogens is 2. The first-order valence-corrected chi connectivity index (χ1v) is 7.29. The Hall–Kier alpha value is -2.42.